The van der Waals surface area contributed by atoms with Crippen LogP contribution < -0.4 is 0 Å². The van der Waals surface area contributed by atoms with Crippen molar-refractivity contribution in [2.45, 2.75) is 164 Å². The van der Waals surface area contributed by atoms with Crippen LogP contribution in [-0.4, -0.2) is 10.2 Å². The van der Waals surface area contributed by atoms with E-state index < -0.39 is 5.60 Å². The third-order valence-corrected chi connectivity index (χ3v) is 11.8. The number of hydrogen-bond donors (Lipinski definition) is 2. The molecule has 2 nitrogen and oxygen atoms in total. The van der Waals surface area contributed by atoms with Gasteiger partial charge < -0.3 is 10.2 Å². The van der Waals surface area contributed by atoms with Gasteiger partial charge in [-0.3, -0.25) is 0 Å². The van der Waals surface area contributed by atoms with Gasteiger partial charge in [-0.1, -0.05) is 132 Å². The molecule has 2 rings (SSSR count). The maximum absolute atomic E-state index is 12.4. The molecule has 0 aliphatic carbocycles. The summed E-state index contributed by atoms with van der Waals surface area (Å²) in [7, 11) is 0. The van der Waals surface area contributed by atoms with E-state index in [-0.39, 0.29) is 0 Å². The molecule has 0 aliphatic rings. The summed E-state index contributed by atoms with van der Waals surface area (Å²) in [6.07, 6.45) is 19.6. The SMILES string of the molecule is CC(C)CCCC(C)CCCC(C)CCC(O)(CCC(C)CCCC(C)CCCC(C)C)c1ccsc1-c1sccc1O. The van der Waals surface area contributed by atoms with Gasteiger partial charge in [0.15, 0.2) is 0 Å². The van der Waals surface area contributed by atoms with Crippen molar-refractivity contribution in [1.82, 2.24) is 0 Å². The van der Waals surface area contributed by atoms with Crippen LogP contribution in [0.1, 0.15) is 164 Å². The molecule has 0 amide bonds. The van der Waals surface area contributed by atoms with Crippen LogP contribution in [0.25, 0.3) is 9.75 Å². The van der Waals surface area contributed by atoms with E-state index in [4.69, 9.17) is 0 Å². The van der Waals surface area contributed by atoms with Gasteiger partial charge in [-0.2, -0.15) is 0 Å². The molecular weight excluding hydrogens is 565 g/mol. The van der Waals surface area contributed by atoms with E-state index >= 15 is 0 Å². The summed E-state index contributed by atoms with van der Waals surface area (Å²) in [5.74, 6) is 4.83. The van der Waals surface area contributed by atoms with Crippen molar-refractivity contribution < 1.29 is 10.2 Å². The fourth-order valence-corrected chi connectivity index (χ4v) is 8.61. The number of aliphatic hydroxyl groups is 1. The Labute approximate surface area is 275 Å². The standard InChI is InChI=1S/C39H68O2S2/c1-29(2)13-9-15-31(5)17-11-19-33(7)21-25-39(41,35-23-27-42-37(35)38-36(40)24-28-43-38)26-22-34(8)20-12-18-32(6)16-10-14-30(3)4/h23-24,27-34,40-41H,9-22,25-26H2,1-8H3. The molecule has 0 saturated heterocycles. The van der Waals surface area contributed by atoms with E-state index in [0.29, 0.717) is 17.6 Å². The third kappa shape index (κ3) is 14.9. The second kappa shape index (κ2) is 20.3. The van der Waals surface area contributed by atoms with Crippen LogP contribution in [0.15, 0.2) is 22.9 Å². The minimum Gasteiger partial charge on any atom is -0.506 e. The lowest BCUT2D eigenvalue weighted by Crippen LogP contribution is -2.27. The maximum atomic E-state index is 12.4. The number of hydrogen-bond acceptors (Lipinski definition) is 4. The summed E-state index contributed by atoms with van der Waals surface area (Å²) < 4.78 is 0. The summed E-state index contributed by atoms with van der Waals surface area (Å²) in [5, 5.41) is 27.0. The molecule has 0 aliphatic heterocycles. The fourth-order valence-electron chi connectivity index (χ4n) is 6.64. The Kier molecular flexibility index (Phi) is 18.1. The van der Waals surface area contributed by atoms with E-state index in [1.54, 1.807) is 28.7 Å². The summed E-state index contributed by atoms with van der Waals surface area (Å²) in [5.41, 5.74) is 0.190. The first-order valence-electron chi connectivity index (χ1n) is 18.0. The molecule has 2 N–H and O–H groups in total. The highest BCUT2D eigenvalue weighted by atomic mass is 32.1. The fraction of sp³-hybridized carbons (Fsp3) is 0.795. The predicted octanol–water partition coefficient (Wildman–Crippen LogP) is 13.5. The molecule has 0 bridgehead atoms. The lowest BCUT2D eigenvalue weighted by atomic mass is 9.80. The molecule has 0 radical (unpaired) electrons. The number of rotatable bonds is 24. The predicted molar refractivity (Wildman–Crippen MR) is 193 cm³/mol. The van der Waals surface area contributed by atoms with Gasteiger partial charge in [0.25, 0.3) is 0 Å². The highest BCUT2D eigenvalue weighted by Gasteiger charge is 2.34. The molecule has 4 heteroatoms. The van der Waals surface area contributed by atoms with Crippen molar-refractivity contribution in [1.29, 1.82) is 0 Å². The van der Waals surface area contributed by atoms with Gasteiger partial charge in [-0.15, -0.1) is 22.7 Å². The minimum absolute atomic E-state index is 0.336. The third-order valence-electron chi connectivity index (χ3n) is 9.86. The number of aromatic hydroxyl groups is 1. The summed E-state index contributed by atoms with van der Waals surface area (Å²) in [6, 6.07) is 3.91. The van der Waals surface area contributed by atoms with E-state index in [9.17, 15) is 10.2 Å². The lowest BCUT2D eigenvalue weighted by Gasteiger charge is -2.31. The molecule has 4 unspecified atom stereocenters. The highest BCUT2D eigenvalue weighted by molar-refractivity contribution is 7.20. The largest absolute Gasteiger partial charge is 0.506 e. The van der Waals surface area contributed by atoms with Crippen molar-refractivity contribution in [3.8, 4) is 15.5 Å². The Hall–Kier alpha value is -0.840. The zero-order valence-electron chi connectivity index (χ0n) is 29.3. The van der Waals surface area contributed by atoms with Crippen molar-refractivity contribution in [2.24, 2.45) is 35.5 Å². The first-order chi connectivity index (χ1) is 20.4. The van der Waals surface area contributed by atoms with Gasteiger partial charge in [0, 0.05) is 5.56 Å². The molecule has 248 valence electrons. The first kappa shape index (κ1) is 38.3. The maximum Gasteiger partial charge on any atom is 0.135 e. The normalized spacial score (nSPS) is 16.4. The molecule has 2 heterocycles. The van der Waals surface area contributed by atoms with E-state index in [0.717, 1.165) is 64.7 Å². The van der Waals surface area contributed by atoms with Crippen LogP contribution in [0.5, 0.6) is 5.75 Å². The molecule has 2 aromatic rings. The van der Waals surface area contributed by atoms with Crippen molar-refractivity contribution >= 4 is 22.7 Å². The van der Waals surface area contributed by atoms with Crippen molar-refractivity contribution in [2.75, 3.05) is 0 Å². The Morgan fingerprint density at radius 1 is 0.535 bits per heavy atom. The Balaban J connectivity index is 1.94. The quantitative estimate of drug-likeness (QED) is 0.121. The molecule has 0 aromatic carbocycles. The topological polar surface area (TPSA) is 40.5 Å². The Morgan fingerprint density at radius 2 is 0.907 bits per heavy atom. The molecule has 2 aromatic heterocycles. The zero-order chi connectivity index (χ0) is 31.8. The molecule has 43 heavy (non-hydrogen) atoms. The van der Waals surface area contributed by atoms with Gasteiger partial charge in [0.2, 0.25) is 0 Å². The summed E-state index contributed by atoms with van der Waals surface area (Å²) in [6.45, 7) is 18.9. The molecule has 4 atom stereocenters. The average molecular weight is 633 g/mol. The van der Waals surface area contributed by atoms with Crippen LogP contribution in [0.4, 0.5) is 0 Å². The minimum atomic E-state index is -0.845. The first-order valence-corrected chi connectivity index (χ1v) is 19.7. The van der Waals surface area contributed by atoms with E-state index in [1.807, 2.05) is 5.38 Å². The van der Waals surface area contributed by atoms with Gasteiger partial charge in [0.1, 0.15) is 5.75 Å². The Morgan fingerprint density at radius 3 is 1.30 bits per heavy atom. The Bertz CT molecular complexity index is 938. The lowest BCUT2D eigenvalue weighted by molar-refractivity contribution is 0.00748. The molecular formula is C39H68O2S2. The smallest absolute Gasteiger partial charge is 0.135 e. The van der Waals surface area contributed by atoms with E-state index in [1.165, 1.54) is 77.0 Å². The van der Waals surface area contributed by atoms with Gasteiger partial charge in [-0.25, -0.2) is 0 Å². The van der Waals surface area contributed by atoms with Crippen LogP contribution >= 0.6 is 22.7 Å². The van der Waals surface area contributed by atoms with Crippen molar-refractivity contribution in [3.63, 3.8) is 0 Å². The molecule has 0 saturated carbocycles. The van der Waals surface area contributed by atoms with Crippen LogP contribution in [0.2, 0.25) is 0 Å². The molecule has 0 spiro atoms. The second-order valence-electron chi connectivity index (χ2n) is 15.3. The van der Waals surface area contributed by atoms with Crippen LogP contribution in [-0.2, 0) is 5.60 Å². The zero-order valence-corrected chi connectivity index (χ0v) is 30.9. The average Bonchev–Trinajstić information content (AvgIpc) is 3.59. The monoisotopic (exact) mass is 632 g/mol. The van der Waals surface area contributed by atoms with E-state index in [2.05, 4.69) is 66.8 Å². The van der Waals surface area contributed by atoms with Gasteiger partial charge in [0.05, 0.1) is 15.4 Å². The van der Waals surface area contributed by atoms with Crippen LogP contribution in [0.3, 0.4) is 0 Å². The highest BCUT2D eigenvalue weighted by Crippen LogP contribution is 2.47. The number of thiophene rings is 2. The molecule has 0 fully saturated rings. The van der Waals surface area contributed by atoms with Gasteiger partial charge >= 0.3 is 0 Å². The summed E-state index contributed by atoms with van der Waals surface area (Å²) in [4.78, 5) is 1.96. The summed E-state index contributed by atoms with van der Waals surface area (Å²) >= 11 is 3.23. The van der Waals surface area contributed by atoms with Crippen LogP contribution in [0, 0.1) is 35.5 Å². The van der Waals surface area contributed by atoms with Gasteiger partial charge in [-0.05, 0) is 84.1 Å². The second-order valence-corrected chi connectivity index (χ2v) is 17.2. The van der Waals surface area contributed by atoms with Crippen molar-refractivity contribution in [3.05, 3.63) is 28.5 Å².